The Balaban J connectivity index is 1.56. The molecule has 0 aliphatic carbocycles. The molecule has 0 saturated heterocycles. The van der Waals surface area contributed by atoms with E-state index in [4.69, 9.17) is 13.9 Å². The fourth-order valence-electron chi connectivity index (χ4n) is 3.26. The topological polar surface area (TPSA) is 73.6 Å². The van der Waals surface area contributed by atoms with Crippen molar-refractivity contribution < 1.29 is 18.7 Å². The van der Waals surface area contributed by atoms with Gasteiger partial charge in [0.25, 0.3) is 5.91 Å². The molecule has 3 heterocycles. The molecule has 4 aromatic rings. The summed E-state index contributed by atoms with van der Waals surface area (Å²) in [6.45, 7) is 0.979. The van der Waals surface area contributed by atoms with Crippen LogP contribution in [0.5, 0.6) is 11.5 Å². The Labute approximate surface area is 174 Å². The van der Waals surface area contributed by atoms with E-state index in [1.54, 1.807) is 30.5 Å². The van der Waals surface area contributed by atoms with Crippen LogP contribution in [0.1, 0.15) is 10.4 Å². The van der Waals surface area contributed by atoms with Crippen molar-refractivity contribution in [3.63, 3.8) is 0 Å². The monoisotopic (exact) mass is 450 g/mol. The first-order valence-electron chi connectivity index (χ1n) is 9.03. The maximum absolute atomic E-state index is 13.2. The number of ether oxygens (including phenoxy) is 2. The minimum Gasteiger partial charge on any atom is -0.486 e. The van der Waals surface area contributed by atoms with Crippen LogP contribution in [0.15, 0.2) is 69.8 Å². The number of amides is 1. The number of nitrogens with one attached hydrogen (secondary N) is 1. The first-order valence-corrected chi connectivity index (χ1v) is 9.82. The van der Waals surface area contributed by atoms with Crippen LogP contribution in [0, 0.1) is 0 Å². The van der Waals surface area contributed by atoms with Gasteiger partial charge in [0.2, 0.25) is 0 Å². The Morgan fingerprint density at radius 1 is 1.00 bits per heavy atom. The molecule has 2 aromatic heterocycles. The number of carbonyl (C=O) groups is 1. The summed E-state index contributed by atoms with van der Waals surface area (Å²) < 4.78 is 17.4. The number of furan rings is 1. The predicted octanol–water partition coefficient (Wildman–Crippen LogP) is 5.28. The number of hydrogen-bond donors (Lipinski definition) is 1. The van der Waals surface area contributed by atoms with Gasteiger partial charge in [-0.15, -0.1) is 0 Å². The number of nitrogens with zero attached hydrogens (tertiary/aromatic N) is 1. The minimum absolute atomic E-state index is 0.256. The van der Waals surface area contributed by atoms with Gasteiger partial charge in [0.15, 0.2) is 17.3 Å². The number of anilines is 1. The summed E-state index contributed by atoms with van der Waals surface area (Å²) in [5.74, 6) is 1.60. The van der Waals surface area contributed by atoms with E-state index in [1.165, 1.54) is 0 Å². The number of rotatable bonds is 3. The minimum atomic E-state index is -0.256. The maximum Gasteiger partial charge on any atom is 0.256 e. The largest absolute Gasteiger partial charge is 0.486 e. The number of aromatic nitrogens is 1. The third-order valence-electron chi connectivity index (χ3n) is 4.61. The van der Waals surface area contributed by atoms with Crippen LogP contribution in [0.2, 0.25) is 0 Å². The maximum atomic E-state index is 13.2. The van der Waals surface area contributed by atoms with Crippen LogP contribution < -0.4 is 14.8 Å². The van der Waals surface area contributed by atoms with Crippen molar-refractivity contribution in [3.05, 3.63) is 70.9 Å². The van der Waals surface area contributed by atoms with Crippen molar-refractivity contribution in [2.24, 2.45) is 0 Å². The Bertz CT molecular complexity index is 1220. The van der Waals surface area contributed by atoms with Crippen molar-refractivity contribution >= 4 is 38.4 Å². The Morgan fingerprint density at radius 2 is 1.79 bits per heavy atom. The highest BCUT2D eigenvalue weighted by molar-refractivity contribution is 9.10. The lowest BCUT2D eigenvalue weighted by Gasteiger charge is -2.20. The molecule has 29 heavy (non-hydrogen) atoms. The summed E-state index contributed by atoms with van der Waals surface area (Å²) in [7, 11) is 0. The average molecular weight is 451 g/mol. The van der Waals surface area contributed by atoms with E-state index in [-0.39, 0.29) is 5.91 Å². The van der Waals surface area contributed by atoms with E-state index < -0.39 is 0 Å². The highest BCUT2D eigenvalue weighted by Gasteiger charge is 2.19. The smallest absolute Gasteiger partial charge is 0.256 e. The first-order chi connectivity index (χ1) is 14.2. The van der Waals surface area contributed by atoms with Crippen molar-refractivity contribution in [2.75, 3.05) is 18.5 Å². The molecule has 0 radical (unpaired) electrons. The quantitative estimate of drug-likeness (QED) is 0.459. The van der Waals surface area contributed by atoms with E-state index in [1.807, 2.05) is 30.3 Å². The number of benzene rings is 2. The van der Waals surface area contributed by atoms with Gasteiger partial charge >= 0.3 is 0 Å². The summed E-state index contributed by atoms with van der Waals surface area (Å²) in [6, 6.07) is 16.4. The van der Waals surface area contributed by atoms with Gasteiger partial charge in [-0.2, -0.15) is 0 Å². The molecule has 6 nitrogen and oxygen atoms in total. The second-order valence-electron chi connectivity index (χ2n) is 6.48. The summed E-state index contributed by atoms with van der Waals surface area (Å²) in [5, 5.41) is 3.72. The lowest BCUT2D eigenvalue weighted by Crippen LogP contribution is -2.17. The first kappa shape index (κ1) is 17.8. The summed E-state index contributed by atoms with van der Waals surface area (Å²) in [4.78, 5) is 17.8. The van der Waals surface area contributed by atoms with Crippen LogP contribution in [-0.4, -0.2) is 24.1 Å². The van der Waals surface area contributed by atoms with Crippen LogP contribution in [0.4, 0.5) is 5.69 Å². The molecular weight excluding hydrogens is 436 g/mol. The molecule has 7 heteroatoms. The van der Waals surface area contributed by atoms with Crippen molar-refractivity contribution in [1.29, 1.82) is 0 Å². The number of hydrogen-bond acceptors (Lipinski definition) is 5. The summed E-state index contributed by atoms with van der Waals surface area (Å²) >= 11 is 3.49. The Hall–Kier alpha value is -3.32. The van der Waals surface area contributed by atoms with Crippen molar-refractivity contribution in [2.45, 2.75) is 0 Å². The van der Waals surface area contributed by atoms with E-state index in [0.717, 1.165) is 5.39 Å². The zero-order chi connectivity index (χ0) is 19.8. The summed E-state index contributed by atoms with van der Waals surface area (Å²) in [6.07, 6.45) is 1.58. The van der Waals surface area contributed by atoms with E-state index in [2.05, 4.69) is 26.2 Å². The number of para-hydroxylation sites is 1. The van der Waals surface area contributed by atoms with Gasteiger partial charge < -0.3 is 19.2 Å². The second kappa shape index (κ2) is 7.25. The molecule has 1 amide bonds. The van der Waals surface area contributed by atoms with E-state index in [9.17, 15) is 4.79 Å². The van der Waals surface area contributed by atoms with Gasteiger partial charge in [-0.05, 0) is 40.2 Å². The molecule has 1 aliphatic rings. The molecule has 144 valence electrons. The van der Waals surface area contributed by atoms with Crippen LogP contribution in [0.25, 0.3) is 22.4 Å². The normalized spacial score (nSPS) is 12.7. The predicted molar refractivity (Wildman–Crippen MR) is 113 cm³/mol. The van der Waals surface area contributed by atoms with Crippen LogP contribution in [-0.2, 0) is 0 Å². The number of pyridine rings is 1. The number of halogens is 1. The van der Waals surface area contributed by atoms with Gasteiger partial charge in [-0.3, -0.25) is 4.79 Å². The fourth-order valence-corrected chi connectivity index (χ4v) is 3.68. The lowest BCUT2D eigenvalue weighted by atomic mass is 10.1. The van der Waals surface area contributed by atoms with Crippen molar-refractivity contribution in [1.82, 2.24) is 4.98 Å². The zero-order valence-electron chi connectivity index (χ0n) is 15.1. The average Bonchev–Trinajstić information content (AvgIpc) is 3.28. The van der Waals surface area contributed by atoms with Crippen molar-refractivity contribution in [3.8, 4) is 23.0 Å². The molecule has 0 fully saturated rings. The molecular formula is C22H15BrN2O4. The van der Waals surface area contributed by atoms with Crippen LogP contribution >= 0.6 is 15.9 Å². The number of carbonyl (C=O) groups excluding carboxylic acids is 1. The molecule has 2 aromatic carbocycles. The zero-order valence-corrected chi connectivity index (χ0v) is 16.7. The molecule has 1 aliphatic heterocycles. The van der Waals surface area contributed by atoms with Gasteiger partial charge in [0.1, 0.15) is 18.9 Å². The lowest BCUT2D eigenvalue weighted by molar-refractivity contribution is 0.102. The van der Waals surface area contributed by atoms with Gasteiger partial charge in [0, 0.05) is 22.0 Å². The fraction of sp³-hybridized carbons (Fsp3) is 0.0909. The third-order valence-corrected chi connectivity index (χ3v) is 5.27. The molecule has 0 saturated carbocycles. The van der Waals surface area contributed by atoms with E-state index >= 15 is 0 Å². The SMILES string of the molecule is O=C(Nc1cc2c(cc1Br)OCCO2)c1cc(-c2ccco2)nc2ccccc12. The highest BCUT2D eigenvalue weighted by atomic mass is 79.9. The van der Waals surface area contributed by atoms with E-state index in [0.29, 0.717) is 57.4 Å². The molecule has 5 rings (SSSR count). The summed E-state index contributed by atoms with van der Waals surface area (Å²) in [5.41, 5.74) is 2.41. The highest BCUT2D eigenvalue weighted by Crippen LogP contribution is 2.38. The standard InChI is InChI=1S/C22H15BrN2O4/c23-15-11-20-21(29-9-8-28-20)12-17(15)25-22(26)14-10-18(19-6-3-7-27-19)24-16-5-2-1-4-13(14)16/h1-7,10-12H,8-9H2,(H,25,26). The van der Waals surface area contributed by atoms with Gasteiger partial charge in [-0.25, -0.2) is 4.98 Å². The molecule has 1 N–H and O–H groups in total. The number of fused-ring (bicyclic) bond motifs is 2. The van der Waals surface area contributed by atoms with Gasteiger partial charge in [0.05, 0.1) is 23.0 Å². The second-order valence-corrected chi connectivity index (χ2v) is 7.33. The Kier molecular flexibility index (Phi) is 4.44. The Morgan fingerprint density at radius 3 is 2.59 bits per heavy atom. The molecule has 0 bridgehead atoms. The molecule has 0 unspecified atom stereocenters. The third kappa shape index (κ3) is 3.34. The molecule has 0 spiro atoms. The van der Waals surface area contributed by atoms with Crippen LogP contribution in [0.3, 0.4) is 0 Å². The van der Waals surface area contributed by atoms with Gasteiger partial charge in [-0.1, -0.05) is 18.2 Å². The molecule has 0 atom stereocenters.